The Labute approximate surface area is 119 Å². The molecule has 0 aliphatic heterocycles. The van der Waals surface area contributed by atoms with Crippen LogP contribution in [-0.2, 0) is 21.5 Å². The van der Waals surface area contributed by atoms with E-state index < -0.39 is 22.2 Å². The minimum Gasteiger partial charge on any atom is -0.480 e. The number of nitrogens with one attached hydrogen (secondary N) is 2. The topological polar surface area (TPSA) is 95.5 Å². The molecule has 0 fully saturated rings. The van der Waals surface area contributed by atoms with E-state index in [1.54, 1.807) is 24.3 Å². The molecule has 0 saturated carbocycles. The van der Waals surface area contributed by atoms with Gasteiger partial charge in [0.25, 0.3) is 10.2 Å². The largest absolute Gasteiger partial charge is 0.480 e. The third-order valence-electron chi connectivity index (χ3n) is 2.75. The number of rotatable bonds is 9. The molecule has 20 heavy (non-hydrogen) atoms. The molecule has 1 aromatic rings. The van der Waals surface area contributed by atoms with Gasteiger partial charge in [-0.1, -0.05) is 50.1 Å². The number of hydrogen-bond donors (Lipinski definition) is 3. The highest BCUT2D eigenvalue weighted by Crippen LogP contribution is 2.03. The monoisotopic (exact) mass is 300 g/mol. The van der Waals surface area contributed by atoms with Crippen molar-refractivity contribution in [3.63, 3.8) is 0 Å². The van der Waals surface area contributed by atoms with E-state index in [-0.39, 0.29) is 13.0 Å². The van der Waals surface area contributed by atoms with Crippen LogP contribution in [-0.4, -0.2) is 25.5 Å². The zero-order valence-electron chi connectivity index (χ0n) is 11.4. The Balaban J connectivity index is 2.56. The fourth-order valence-electron chi connectivity index (χ4n) is 1.64. The zero-order chi connectivity index (χ0) is 15.0. The van der Waals surface area contributed by atoms with Crippen LogP contribution in [0.25, 0.3) is 0 Å². The molecule has 0 radical (unpaired) electrons. The number of aliphatic carboxylic acids is 1. The summed E-state index contributed by atoms with van der Waals surface area (Å²) in [5, 5.41) is 8.99. The van der Waals surface area contributed by atoms with Crippen LogP contribution in [0.5, 0.6) is 0 Å². The van der Waals surface area contributed by atoms with Crippen LogP contribution in [0.2, 0.25) is 0 Å². The van der Waals surface area contributed by atoms with E-state index in [4.69, 9.17) is 5.11 Å². The number of benzene rings is 1. The van der Waals surface area contributed by atoms with Crippen molar-refractivity contribution < 1.29 is 18.3 Å². The third kappa shape index (κ3) is 6.14. The second-order valence-electron chi connectivity index (χ2n) is 4.46. The number of carboxylic acid groups (broad SMARTS) is 1. The van der Waals surface area contributed by atoms with E-state index in [1.807, 2.05) is 13.0 Å². The minimum absolute atomic E-state index is 0.121. The lowest BCUT2D eigenvalue weighted by molar-refractivity contribution is -0.139. The molecule has 3 N–H and O–H groups in total. The van der Waals surface area contributed by atoms with Crippen LogP contribution in [0.1, 0.15) is 31.7 Å². The summed E-state index contributed by atoms with van der Waals surface area (Å²) in [5.74, 6) is -1.16. The third-order valence-corrected chi connectivity index (χ3v) is 3.87. The molecule has 112 valence electrons. The van der Waals surface area contributed by atoms with Gasteiger partial charge in [-0.15, -0.1) is 0 Å². The summed E-state index contributed by atoms with van der Waals surface area (Å²) in [6.07, 6.45) is 1.74. The van der Waals surface area contributed by atoms with Gasteiger partial charge in [0.15, 0.2) is 0 Å². The fourth-order valence-corrected chi connectivity index (χ4v) is 2.68. The van der Waals surface area contributed by atoms with Crippen molar-refractivity contribution in [3.8, 4) is 0 Å². The Morgan fingerprint density at radius 2 is 1.95 bits per heavy atom. The van der Waals surface area contributed by atoms with Crippen molar-refractivity contribution in [2.45, 2.75) is 38.8 Å². The van der Waals surface area contributed by atoms with E-state index in [9.17, 15) is 13.2 Å². The lowest BCUT2D eigenvalue weighted by Crippen LogP contribution is -2.46. The van der Waals surface area contributed by atoms with Gasteiger partial charge >= 0.3 is 5.97 Å². The quantitative estimate of drug-likeness (QED) is 0.639. The molecule has 1 aromatic carbocycles. The molecule has 0 unspecified atom stereocenters. The molecular weight excluding hydrogens is 280 g/mol. The maximum atomic E-state index is 11.8. The molecule has 1 atom stereocenters. The van der Waals surface area contributed by atoms with Crippen LogP contribution in [0.15, 0.2) is 30.3 Å². The summed E-state index contributed by atoms with van der Waals surface area (Å²) in [7, 11) is -3.84. The van der Waals surface area contributed by atoms with Gasteiger partial charge in [-0.2, -0.15) is 17.9 Å². The number of unbranched alkanes of at least 4 members (excludes halogenated alkanes) is 1. The first-order chi connectivity index (χ1) is 9.44. The van der Waals surface area contributed by atoms with E-state index >= 15 is 0 Å². The highest BCUT2D eigenvalue weighted by atomic mass is 32.2. The first kappa shape index (κ1) is 16.6. The number of carboxylic acids is 1. The molecule has 0 saturated heterocycles. The molecule has 0 aliphatic carbocycles. The van der Waals surface area contributed by atoms with Crippen molar-refractivity contribution >= 4 is 16.2 Å². The molecule has 0 bridgehead atoms. The molecule has 7 heteroatoms. The van der Waals surface area contributed by atoms with Crippen LogP contribution < -0.4 is 9.44 Å². The second-order valence-corrected chi connectivity index (χ2v) is 5.99. The van der Waals surface area contributed by atoms with Gasteiger partial charge in [0, 0.05) is 6.54 Å². The second kappa shape index (κ2) is 7.98. The Hall–Kier alpha value is -1.44. The summed E-state index contributed by atoms with van der Waals surface area (Å²) in [4.78, 5) is 11.0. The molecule has 1 rings (SSSR count). The summed E-state index contributed by atoms with van der Waals surface area (Å²) >= 11 is 0. The van der Waals surface area contributed by atoms with Gasteiger partial charge in [0.1, 0.15) is 6.04 Å². The molecule has 0 heterocycles. The zero-order valence-corrected chi connectivity index (χ0v) is 12.2. The van der Waals surface area contributed by atoms with Crippen molar-refractivity contribution in [3.05, 3.63) is 35.9 Å². The summed E-state index contributed by atoms with van der Waals surface area (Å²) in [6.45, 7) is 2.04. The predicted octanol–water partition coefficient (Wildman–Crippen LogP) is 1.25. The predicted molar refractivity (Wildman–Crippen MR) is 76.3 cm³/mol. The summed E-state index contributed by atoms with van der Waals surface area (Å²) in [6, 6.07) is 7.92. The normalized spacial score (nSPS) is 13.1. The standard InChI is InChI=1S/C13H20N2O4S/c1-2-3-9-12(13(16)17)15-20(18,19)14-10-11-7-5-4-6-8-11/h4-8,12,14-15H,2-3,9-10H2,1H3,(H,16,17)/t12-/m0/s1. The molecular formula is C13H20N2O4S. The number of hydrogen-bond acceptors (Lipinski definition) is 3. The SMILES string of the molecule is CCCC[C@H](NS(=O)(=O)NCc1ccccc1)C(=O)O. The van der Waals surface area contributed by atoms with Crippen molar-refractivity contribution in [2.75, 3.05) is 0 Å². The van der Waals surface area contributed by atoms with Gasteiger partial charge in [0.05, 0.1) is 0 Å². The van der Waals surface area contributed by atoms with E-state index in [0.717, 1.165) is 12.0 Å². The maximum absolute atomic E-state index is 11.8. The Bertz CT molecular complexity index is 516. The summed E-state index contributed by atoms with van der Waals surface area (Å²) < 4.78 is 28.1. The fraction of sp³-hybridized carbons (Fsp3) is 0.462. The Morgan fingerprint density at radius 3 is 2.50 bits per heavy atom. The Morgan fingerprint density at radius 1 is 1.30 bits per heavy atom. The highest BCUT2D eigenvalue weighted by molar-refractivity contribution is 7.87. The van der Waals surface area contributed by atoms with Crippen LogP contribution in [0, 0.1) is 0 Å². The first-order valence-corrected chi connectivity index (χ1v) is 7.96. The lowest BCUT2D eigenvalue weighted by Gasteiger charge is -2.15. The lowest BCUT2D eigenvalue weighted by atomic mass is 10.1. The maximum Gasteiger partial charge on any atom is 0.321 e. The summed E-state index contributed by atoms with van der Waals surface area (Å²) in [5.41, 5.74) is 0.804. The van der Waals surface area contributed by atoms with Gasteiger partial charge in [-0.3, -0.25) is 4.79 Å². The van der Waals surface area contributed by atoms with Gasteiger partial charge < -0.3 is 5.11 Å². The Kier molecular flexibility index (Phi) is 6.63. The average molecular weight is 300 g/mol. The van der Waals surface area contributed by atoms with Crippen molar-refractivity contribution in [1.82, 2.24) is 9.44 Å². The number of carbonyl (C=O) groups is 1. The van der Waals surface area contributed by atoms with Crippen LogP contribution >= 0.6 is 0 Å². The van der Waals surface area contributed by atoms with E-state index in [0.29, 0.717) is 6.42 Å². The van der Waals surface area contributed by atoms with Crippen molar-refractivity contribution in [1.29, 1.82) is 0 Å². The first-order valence-electron chi connectivity index (χ1n) is 6.48. The van der Waals surface area contributed by atoms with E-state index in [1.165, 1.54) is 0 Å². The van der Waals surface area contributed by atoms with Gasteiger partial charge in [0.2, 0.25) is 0 Å². The van der Waals surface area contributed by atoms with Gasteiger partial charge in [-0.05, 0) is 12.0 Å². The molecule has 0 aromatic heterocycles. The molecule has 6 nitrogen and oxygen atoms in total. The highest BCUT2D eigenvalue weighted by Gasteiger charge is 2.22. The minimum atomic E-state index is -3.84. The average Bonchev–Trinajstić information content (AvgIpc) is 2.42. The molecule has 0 amide bonds. The molecule has 0 aliphatic rings. The molecule has 0 spiro atoms. The van der Waals surface area contributed by atoms with Gasteiger partial charge in [-0.25, -0.2) is 0 Å². The smallest absolute Gasteiger partial charge is 0.321 e. The van der Waals surface area contributed by atoms with Crippen LogP contribution in [0.4, 0.5) is 0 Å². The van der Waals surface area contributed by atoms with E-state index in [2.05, 4.69) is 9.44 Å². The van der Waals surface area contributed by atoms with Crippen molar-refractivity contribution in [2.24, 2.45) is 0 Å². The van der Waals surface area contributed by atoms with Crippen LogP contribution in [0.3, 0.4) is 0 Å².